The highest BCUT2D eigenvalue weighted by Gasteiger charge is 2.34. The fourth-order valence-corrected chi connectivity index (χ4v) is 5.78. The number of benzene rings is 3. The zero-order valence-electron chi connectivity index (χ0n) is 23.0. The number of halogens is 1. The van der Waals surface area contributed by atoms with Gasteiger partial charge in [0.15, 0.2) is 11.5 Å². The van der Waals surface area contributed by atoms with Gasteiger partial charge in [0.25, 0.3) is 10.0 Å². The number of hydrogen-bond donors (Lipinski definition) is 1. The highest BCUT2D eigenvalue weighted by atomic mass is 35.5. The Morgan fingerprint density at radius 2 is 1.57 bits per heavy atom. The van der Waals surface area contributed by atoms with Crippen LogP contribution in [0.2, 0.25) is 5.02 Å². The maximum atomic E-state index is 14.0. The predicted octanol–water partition coefficient (Wildman–Crippen LogP) is 4.50. The molecule has 0 saturated carbocycles. The van der Waals surface area contributed by atoms with Crippen LogP contribution in [0.5, 0.6) is 11.5 Å². The molecule has 3 aromatic rings. The van der Waals surface area contributed by atoms with Gasteiger partial charge in [-0.1, -0.05) is 48.9 Å². The first-order valence-electron chi connectivity index (χ1n) is 12.8. The second-order valence-electron chi connectivity index (χ2n) is 8.83. The number of hydrogen-bond acceptors (Lipinski definition) is 6. The molecule has 0 radical (unpaired) electrons. The highest BCUT2D eigenvalue weighted by Crippen LogP contribution is 2.32. The molecule has 40 heavy (non-hydrogen) atoms. The van der Waals surface area contributed by atoms with Crippen LogP contribution in [0.1, 0.15) is 25.8 Å². The summed E-state index contributed by atoms with van der Waals surface area (Å²) in [6.07, 6.45) is 0.332. The van der Waals surface area contributed by atoms with Crippen molar-refractivity contribution in [3.05, 3.63) is 83.4 Å². The summed E-state index contributed by atoms with van der Waals surface area (Å²) in [5.74, 6) is -0.262. The second kappa shape index (κ2) is 14.0. The molecule has 11 heteroatoms. The molecule has 0 fully saturated rings. The van der Waals surface area contributed by atoms with Gasteiger partial charge in [0, 0.05) is 24.2 Å². The van der Waals surface area contributed by atoms with E-state index in [1.807, 2.05) is 0 Å². The molecule has 0 aliphatic heterocycles. The Hall–Kier alpha value is -3.76. The van der Waals surface area contributed by atoms with Crippen molar-refractivity contribution in [3.8, 4) is 11.5 Å². The zero-order valence-corrected chi connectivity index (χ0v) is 24.5. The number of carbonyl (C=O) groups is 2. The standard InChI is InChI=1S/C29H34ClN3O6S/c1-5-25(29(35)31-6-2)32(19-21-12-14-22(30)15-13-21)28(34)20-33(23-10-8-7-9-11-23)40(36,37)24-16-17-26(38-3)27(18-24)39-4/h7-18,25H,5-6,19-20H2,1-4H3,(H,31,35)/t25-/m1/s1. The van der Waals surface area contributed by atoms with E-state index in [0.717, 1.165) is 9.87 Å². The van der Waals surface area contributed by atoms with Crippen LogP contribution in [0.4, 0.5) is 5.69 Å². The van der Waals surface area contributed by atoms with Crippen LogP contribution in [0.25, 0.3) is 0 Å². The van der Waals surface area contributed by atoms with Gasteiger partial charge >= 0.3 is 0 Å². The quantitative estimate of drug-likeness (QED) is 0.316. The predicted molar refractivity (Wildman–Crippen MR) is 155 cm³/mol. The Balaban J connectivity index is 2.06. The van der Waals surface area contributed by atoms with E-state index >= 15 is 0 Å². The summed E-state index contributed by atoms with van der Waals surface area (Å²) in [6.45, 7) is 3.54. The molecule has 1 atom stereocenters. The molecule has 214 valence electrons. The van der Waals surface area contributed by atoms with Crippen molar-refractivity contribution in [1.29, 1.82) is 0 Å². The summed E-state index contributed by atoms with van der Waals surface area (Å²) in [4.78, 5) is 28.3. The Morgan fingerprint density at radius 1 is 0.925 bits per heavy atom. The summed E-state index contributed by atoms with van der Waals surface area (Å²) in [5, 5.41) is 3.32. The third-order valence-corrected chi connectivity index (χ3v) is 8.29. The first-order valence-corrected chi connectivity index (χ1v) is 14.6. The molecule has 3 aromatic carbocycles. The SMILES string of the molecule is CCNC(=O)[C@@H](CC)N(Cc1ccc(Cl)cc1)C(=O)CN(c1ccccc1)S(=O)(=O)c1ccc(OC)c(OC)c1. The maximum Gasteiger partial charge on any atom is 0.264 e. The average Bonchev–Trinajstić information content (AvgIpc) is 2.96. The minimum absolute atomic E-state index is 0.0816. The fraction of sp³-hybridized carbons (Fsp3) is 0.310. The molecule has 3 rings (SSSR count). The van der Waals surface area contributed by atoms with Gasteiger partial charge < -0.3 is 19.7 Å². The molecule has 0 saturated heterocycles. The monoisotopic (exact) mass is 587 g/mol. The lowest BCUT2D eigenvalue weighted by Gasteiger charge is -2.33. The number of para-hydroxylation sites is 1. The van der Waals surface area contributed by atoms with E-state index in [9.17, 15) is 18.0 Å². The van der Waals surface area contributed by atoms with E-state index in [1.165, 1.54) is 37.3 Å². The van der Waals surface area contributed by atoms with Gasteiger partial charge in [0.05, 0.1) is 24.8 Å². The molecule has 0 heterocycles. The lowest BCUT2D eigenvalue weighted by molar-refractivity contribution is -0.140. The third-order valence-electron chi connectivity index (χ3n) is 6.27. The molecule has 0 unspecified atom stereocenters. The Bertz CT molecular complexity index is 1400. The number of anilines is 1. The van der Waals surface area contributed by atoms with Gasteiger partial charge in [-0.05, 0) is 55.3 Å². The average molecular weight is 588 g/mol. The van der Waals surface area contributed by atoms with Crippen LogP contribution < -0.4 is 19.1 Å². The topological polar surface area (TPSA) is 105 Å². The number of amides is 2. The molecule has 9 nitrogen and oxygen atoms in total. The van der Waals surface area contributed by atoms with Crippen molar-refractivity contribution < 1.29 is 27.5 Å². The molecule has 0 aliphatic carbocycles. The Labute approximate surface area is 240 Å². The van der Waals surface area contributed by atoms with Crippen molar-refractivity contribution in [3.63, 3.8) is 0 Å². The zero-order chi connectivity index (χ0) is 29.3. The number of sulfonamides is 1. The van der Waals surface area contributed by atoms with Crippen LogP contribution in [-0.2, 0) is 26.2 Å². The van der Waals surface area contributed by atoms with Gasteiger partial charge in [-0.25, -0.2) is 8.42 Å². The molecule has 2 amide bonds. The summed E-state index contributed by atoms with van der Waals surface area (Å²) in [5.41, 5.74) is 1.04. The molecule has 1 N–H and O–H groups in total. The van der Waals surface area contributed by atoms with E-state index < -0.39 is 28.5 Å². The van der Waals surface area contributed by atoms with E-state index in [0.29, 0.717) is 29.4 Å². The van der Waals surface area contributed by atoms with Crippen LogP contribution in [0.15, 0.2) is 77.7 Å². The van der Waals surface area contributed by atoms with E-state index in [4.69, 9.17) is 21.1 Å². The normalized spacial score (nSPS) is 11.8. The number of nitrogens with zero attached hydrogens (tertiary/aromatic N) is 2. The lowest BCUT2D eigenvalue weighted by atomic mass is 10.1. The first-order chi connectivity index (χ1) is 19.2. The maximum absolute atomic E-state index is 14.0. The number of carbonyl (C=O) groups excluding carboxylic acids is 2. The van der Waals surface area contributed by atoms with Crippen LogP contribution in [0.3, 0.4) is 0 Å². The summed E-state index contributed by atoms with van der Waals surface area (Å²) in [6, 6.07) is 18.7. The van der Waals surface area contributed by atoms with Gasteiger partial charge in [-0.2, -0.15) is 0 Å². The minimum Gasteiger partial charge on any atom is -0.493 e. The van der Waals surface area contributed by atoms with Crippen LogP contribution >= 0.6 is 11.6 Å². The number of rotatable bonds is 13. The van der Waals surface area contributed by atoms with E-state index in [-0.39, 0.29) is 23.1 Å². The molecule has 0 aromatic heterocycles. The number of ether oxygens (including phenoxy) is 2. The van der Waals surface area contributed by atoms with Crippen LogP contribution in [-0.4, -0.2) is 58.5 Å². The number of methoxy groups -OCH3 is 2. The van der Waals surface area contributed by atoms with Gasteiger partial charge in [-0.15, -0.1) is 0 Å². The van der Waals surface area contributed by atoms with Crippen molar-refractivity contribution in [2.75, 3.05) is 31.6 Å². The van der Waals surface area contributed by atoms with E-state index in [2.05, 4.69) is 5.32 Å². The van der Waals surface area contributed by atoms with Crippen molar-refractivity contribution in [2.45, 2.75) is 37.8 Å². The molecule has 0 bridgehead atoms. The molecular formula is C29H34ClN3O6S. The largest absolute Gasteiger partial charge is 0.493 e. The lowest BCUT2D eigenvalue weighted by Crippen LogP contribution is -2.52. The van der Waals surface area contributed by atoms with Gasteiger partial charge in [-0.3, -0.25) is 13.9 Å². The summed E-state index contributed by atoms with van der Waals surface area (Å²) in [7, 11) is -1.39. The molecule has 0 spiro atoms. The fourth-order valence-electron chi connectivity index (χ4n) is 4.23. The summed E-state index contributed by atoms with van der Waals surface area (Å²) < 4.78 is 39.6. The summed E-state index contributed by atoms with van der Waals surface area (Å²) >= 11 is 6.04. The number of nitrogens with one attached hydrogen (secondary N) is 1. The van der Waals surface area contributed by atoms with Crippen molar-refractivity contribution >= 4 is 39.1 Å². The number of likely N-dealkylation sites (N-methyl/N-ethyl adjacent to an activating group) is 1. The smallest absolute Gasteiger partial charge is 0.264 e. The van der Waals surface area contributed by atoms with E-state index in [1.54, 1.807) is 68.4 Å². The molecule has 0 aliphatic rings. The third kappa shape index (κ3) is 7.25. The molecular weight excluding hydrogens is 554 g/mol. The minimum atomic E-state index is -4.25. The Kier molecular flexibility index (Phi) is 10.8. The second-order valence-corrected chi connectivity index (χ2v) is 11.1. The first kappa shape index (κ1) is 30.8. The Morgan fingerprint density at radius 3 is 2.15 bits per heavy atom. The van der Waals surface area contributed by atoms with Gasteiger partial charge in [0.1, 0.15) is 12.6 Å². The van der Waals surface area contributed by atoms with Crippen LogP contribution in [0, 0.1) is 0 Å². The highest BCUT2D eigenvalue weighted by molar-refractivity contribution is 7.92. The van der Waals surface area contributed by atoms with Crippen molar-refractivity contribution in [2.24, 2.45) is 0 Å². The van der Waals surface area contributed by atoms with Gasteiger partial charge in [0.2, 0.25) is 11.8 Å². The van der Waals surface area contributed by atoms with Crippen molar-refractivity contribution in [1.82, 2.24) is 10.2 Å².